The number of hydrogen-bond acceptors (Lipinski definition) is 7. The van der Waals surface area contributed by atoms with Crippen molar-refractivity contribution in [3.8, 4) is 0 Å². The van der Waals surface area contributed by atoms with E-state index in [-0.39, 0.29) is 18.6 Å². The monoisotopic (exact) mass is 569 g/mol. The van der Waals surface area contributed by atoms with Gasteiger partial charge in [-0.2, -0.15) is 12.6 Å². The number of para-hydroxylation sites is 1. The number of aromatic nitrogens is 1. The van der Waals surface area contributed by atoms with Gasteiger partial charge in [0, 0.05) is 29.3 Å². The summed E-state index contributed by atoms with van der Waals surface area (Å²) >= 11 is 4.09. The number of nitrogens with two attached hydrogens (primary N) is 1. The summed E-state index contributed by atoms with van der Waals surface area (Å²) in [4.78, 5) is 64.8. The minimum atomic E-state index is -1.54. The third-order valence-corrected chi connectivity index (χ3v) is 6.54. The lowest BCUT2D eigenvalue weighted by atomic mass is 10.0. The number of thiol groups is 1. The van der Waals surface area contributed by atoms with Crippen LogP contribution in [-0.2, 0) is 36.8 Å². The Balaban J connectivity index is 1.65. The van der Waals surface area contributed by atoms with Gasteiger partial charge in [-0.15, -0.1) is 0 Å². The highest BCUT2D eigenvalue weighted by Gasteiger charge is 2.31. The first-order valence-corrected chi connectivity index (χ1v) is 13.0. The zero-order valence-electron chi connectivity index (χ0n) is 21.4. The molecule has 3 rings (SSSR count). The number of hydrogen-bond donors (Lipinski definition) is 8. The lowest BCUT2D eigenvalue weighted by Crippen LogP contribution is -2.58. The Hall–Kier alpha value is -4.36. The number of fused-ring (bicyclic) bond motifs is 1. The van der Waals surface area contributed by atoms with Gasteiger partial charge in [-0.1, -0.05) is 48.5 Å². The van der Waals surface area contributed by atoms with E-state index in [0.717, 1.165) is 16.5 Å². The molecular weight excluding hydrogens is 538 g/mol. The Morgan fingerprint density at radius 3 is 2.05 bits per heavy atom. The first-order chi connectivity index (χ1) is 19.1. The van der Waals surface area contributed by atoms with E-state index in [4.69, 9.17) is 5.73 Å². The second-order valence-corrected chi connectivity index (χ2v) is 9.53. The molecule has 8 N–H and O–H groups in total. The normalized spacial score (nSPS) is 13.9. The van der Waals surface area contributed by atoms with Gasteiger partial charge in [0.15, 0.2) is 0 Å². The maximum absolute atomic E-state index is 12.9. The van der Waals surface area contributed by atoms with E-state index >= 15 is 0 Å². The van der Waals surface area contributed by atoms with Crippen LogP contribution in [0.25, 0.3) is 10.9 Å². The van der Waals surface area contributed by atoms with Gasteiger partial charge in [0.25, 0.3) is 0 Å². The minimum absolute atomic E-state index is 0.0324. The van der Waals surface area contributed by atoms with Crippen LogP contribution in [0.5, 0.6) is 0 Å². The summed E-state index contributed by atoms with van der Waals surface area (Å²) in [7, 11) is 0. The summed E-state index contributed by atoms with van der Waals surface area (Å²) in [5, 5.41) is 26.9. The lowest BCUT2D eigenvalue weighted by molar-refractivity contribution is -0.143. The van der Waals surface area contributed by atoms with Crippen LogP contribution in [-0.4, -0.2) is 74.8 Å². The van der Waals surface area contributed by atoms with Crippen LogP contribution in [0.1, 0.15) is 17.5 Å². The average molecular weight is 570 g/mol. The Morgan fingerprint density at radius 1 is 0.800 bits per heavy atom. The molecule has 4 atom stereocenters. The van der Waals surface area contributed by atoms with Crippen molar-refractivity contribution in [2.75, 3.05) is 5.75 Å². The van der Waals surface area contributed by atoms with Gasteiger partial charge < -0.3 is 36.9 Å². The summed E-state index contributed by atoms with van der Waals surface area (Å²) in [5.74, 6) is -5.42. The van der Waals surface area contributed by atoms with Crippen LogP contribution in [0.4, 0.5) is 0 Å². The molecule has 0 radical (unpaired) electrons. The van der Waals surface area contributed by atoms with Crippen molar-refractivity contribution in [2.45, 2.75) is 43.4 Å². The number of benzene rings is 2. The number of amides is 3. The summed E-state index contributed by atoms with van der Waals surface area (Å²) in [5.41, 5.74) is 8.21. The largest absolute Gasteiger partial charge is 0.481 e. The fourth-order valence-corrected chi connectivity index (χ4v) is 4.34. The molecule has 1 heterocycles. The highest BCUT2D eigenvalue weighted by atomic mass is 32.1. The molecule has 0 fully saturated rings. The van der Waals surface area contributed by atoms with Crippen molar-refractivity contribution >= 4 is 53.2 Å². The molecule has 0 saturated heterocycles. The number of aromatic amines is 1. The van der Waals surface area contributed by atoms with Crippen molar-refractivity contribution in [3.63, 3.8) is 0 Å². The maximum Gasteiger partial charge on any atom is 0.326 e. The second kappa shape index (κ2) is 14.1. The Labute approximate surface area is 235 Å². The Morgan fingerprint density at radius 2 is 1.40 bits per heavy atom. The summed E-state index contributed by atoms with van der Waals surface area (Å²) in [6, 6.07) is 11.0. The predicted molar refractivity (Wildman–Crippen MR) is 150 cm³/mol. The van der Waals surface area contributed by atoms with Crippen molar-refractivity contribution in [2.24, 2.45) is 5.73 Å². The van der Waals surface area contributed by atoms with Crippen molar-refractivity contribution in [1.82, 2.24) is 20.9 Å². The number of aliphatic carboxylic acids is 2. The molecule has 3 amide bonds. The van der Waals surface area contributed by atoms with E-state index < -0.39 is 60.2 Å². The lowest BCUT2D eigenvalue weighted by Gasteiger charge is -2.24. The van der Waals surface area contributed by atoms with E-state index in [1.54, 1.807) is 42.6 Å². The van der Waals surface area contributed by atoms with Gasteiger partial charge in [-0.05, 0) is 23.6 Å². The fourth-order valence-electron chi connectivity index (χ4n) is 4.08. The van der Waals surface area contributed by atoms with Crippen LogP contribution in [0.3, 0.4) is 0 Å². The second-order valence-electron chi connectivity index (χ2n) is 9.16. The van der Waals surface area contributed by atoms with Crippen LogP contribution >= 0.6 is 12.6 Å². The third-order valence-electron chi connectivity index (χ3n) is 6.18. The zero-order chi connectivity index (χ0) is 29.2. The number of nitrogens with one attached hydrogen (secondary N) is 4. The molecule has 0 spiro atoms. The number of carboxylic acid groups (broad SMARTS) is 2. The Kier molecular flexibility index (Phi) is 10.7. The van der Waals surface area contributed by atoms with E-state index in [1.165, 1.54) is 0 Å². The number of carbonyl (C=O) groups is 5. The molecular formula is C27H31N5O7S. The predicted octanol–water partition coefficient (Wildman–Crippen LogP) is 0.224. The van der Waals surface area contributed by atoms with Crippen molar-refractivity contribution < 1.29 is 34.2 Å². The molecule has 12 nitrogen and oxygen atoms in total. The highest BCUT2D eigenvalue weighted by Crippen LogP contribution is 2.19. The molecule has 0 aliphatic heterocycles. The van der Waals surface area contributed by atoms with Crippen LogP contribution < -0.4 is 21.7 Å². The molecule has 2 aromatic carbocycles. The zero-order valence-corrected chi connectivity index (χ0v) is 22.3. The van der Waals surface area contributed by atoms with Gasteiger partial charge in [0.05, 0.1) is 12.5 Å². The number of H-pyrrole nitrogens is 1. The minimum Gasteiger partial charge on any atom is -0.481 e. The Bertz CT molecular complexity index is 1360. The molecule has 0 aliphatic carbocycles. The fraction of sp³-hybridized carbons (Fsp3) is 0.296. The van der Waals surface area contributed by atoms with E-state index in [1.807, 2.05) is 18.2 Å². The van der Waals surface area contributed by atoms with E-state index in [0.29, 0.717) is 5.56 Å². The molecule has 13 heteroatoms. The van der Waals surface area contributed by atoms with Gasteiger partial charge >= 0.3 is 11.9 Å². The standard InChI is InChI=1S/C27H31N5O7S/c28-18(10-15-6-2-1-3-7-15)24(35)30-20(12-23(33)34)25(36)32-22(14-40)26(37)31-21(27(38)39)11-16-13-29-19-9-5-4-8-17(16)19/h1-9,13,18,20-22,29,40H,10-12,14,28H2,(H,30,35)(H,31,37)(H,32,36)(H,33,34)(H,38,39). The average Bonchev–Trinajstić information content (AvgIpc) is 3.33. The summed E-state index contributed by atoms with van der Waals surface area (Å²) in [6.45, 7) is 0. The molecule has 0 aliphatic rings. The summed E-state index contributed by atoms with van der Waals surface area (Å²) < 4.78 is 0. The summed E-state index contributed by atoms with van der Waals surface area (Å²) in [6.07, 6.45) is 1.01. The van der Waals surface area contributed by atoms with Gasteiger partial charge in [-0.25, -0.2) is 4.79 Å². The first-order valence-electron chi connectivity index (χ1n) is 12.4. The highest BCUT2D eigenvalue weighted by molar-refractivity contribution is 7.80. The molecule has 212 valence electrons. The van der Waals surface area contributed by atoms with E-state index in [2.05, 4.69) is 33.6 Å². The number of carboxylic acids is 2. The molecule has 0 bridgehead atoms. The van der Waals surface area contributed by atoms with Crippen LogP contribution in [0, 0.1) is 0 Å². The van der Waals surface area contributed by atoms with Gasteiger partial charge in [-0.3, -0.25) is 19.2 Å². The number of carbonyl (C=O) groups excluding carboxylic acids is 3. The SMILES string of the molecule is NC(Cc1ccccc1)C(=O)NC(CC(=O)O)C(=O)NC(CS)C(=O)NC(Cc1c[nH]c2ccccc12)C(=O)O. The van der Waals surface area contributed by atoms with Gasteiger partial charge in [0.2, 0.25) is 17.7 Å². The molecule has 4 unspecified atom stereocenters. The molecule has 40 heavy (non-hydrogen) atoms. The molecule has 1 aromatic heterocycles. The maximum atomic E-state index is 12.9. The van der Waals surface area contributed by atoms with Crippen molar-refractivity contribution in [1.29, 1.82) is 0 Å². The quantitative estimate of drug-likeness (QED) is 0.126. The molecule has 0 saturated carbocycles. The topological polar surface area (TPSA) is 204 Å². The van der Waals surface area contributed by atoms with Crippen molar-refractivity contribution in [3.05, 3.63) is 71.9 Å². The molecule has 3 aromatic rings. The smallest absolute Gasteiger partial charge is 0.326 e. The van der Waals surface area contributed by atoms with Crippen LogP contribution in [0.15, 0.2) is 60.8 Å². The van der Waals surface area contributed by atoms with Crippen LogP contribution in [0.2, 0.25) is 0 Å². The first kappa shape index (κ1) is 30.2. The van der Waals surface area contributed by atoms with Gasteiger partial charge in [0.1, 0.15) is 18.1 Å². The number of rotatable bonds is 14. The third kappa shape index (κ3) is 8.32. The van der Waals surface area contributed by atoms with E-state index in [9.17, 15) is 34.2 Å².